The summed E-state index contributed by atoms with van der Waals surface area (Å²) < 4.78 is 19.6. The highest BCUT2D eigenvalue weighted by Gasteiger charge is 2.16. The summed E-state index contributed by atoms with van der Waals surface area (Å²) in [6.07, 6.45) is 0. The third-order valence-corrected chi connectivity index (χ3v) is 5.18. The molecule has 5 heteroatoms. The standard InChI is InChI=1S/C24H19FN2O2/c1-14-15(2)19(11-10-18(14)16-6-4-3-5-7-16)23-13-22(27-29-23)17-8-9-20(24(26)28)21(25)12-17/h3-13H,1-2H3,(H2,26,28). The number of nitrogens with zero attached hydrogens (tertiary/aromatic N) is 1. The van der Waals surface area contributed by atoms with Gasteiger partial charge in [-0.3, -0.25) is 4.79 Å². The maximum Gasteiger partial charge on any atom is 0.251 e. The van der Waals surface area contributed by atoms with Crippen LogP contribution in [0.5, 0.6) is 0 Å². The van der Waals surface area contributed by atoms with E-state index in [1.165, 1.54) is 12.1 Å². The molecule has 0 saturated heterocycles. The van der Waals surface area contributed by atoms with Gasteiger partial charge < -0.3 is 10.3 Å². The molecular formula is C24H19FN2O2. The lowest BCUT2D eigenvalue weighted by atomic mass is 9.92. The molecule has 0 unspecified atom stereocenters. The van der Waals surface area contributed by atoms with Crippen LogP contribution in [0.1, 0.15) is 21.5 Å². The highest BCUT2D eigenvalue weighted by Crippen LogP contribution is 2.34. The first-order valence-electron chi connectivity index (χ1n) is 9.18. The molecule has 4 nitrogen and oxygen atoms in total. The van der Waals surface area contributed by atoms with Crippen molar-refractivity contribution in [3.05, 3.63) is 89.2 Å². The first kappa shape index (κ1) is 18.6. The summed E-state index contributed by atoms with van der Waals surface area (Å²) >= 11 is 0. The zero-order chi connectivity index (χ0) is 20.5. The maximum absolute atomic E-state index is 14.1. The van der Waals surface area contributed by atoms with E-state index in [1.807, 2.05) is 31.2 Å². The molecule has 0 atom stereocenters. The molecule has 1 amide bonds. The summed E-state index contributed by atoms with van der Waals surface area (Å²) in [5, 5.41) is 4.07. The van der Waals surface area contributed by atoms with E-state index in [1.54, 1.807) is 12.1 Å². The van der Waals surface area contributed by atoms with Gasteiger partial charge in [0, 0.05) is 17.2 Å². The number of rotatable bonds is 4. The molecule has 0 bridgehead atoms. The second-order valence-corrected chi connectivity index (χ2v) is 6.91. The Bertz CT molecular complexity index is 1210. The van der Waals surface area contributed by atoms with Crippen molar-refractivity contribution in [2.75, 3.05) is 0 Å². The molecule has 0 spiro atoms. The topological polar surface area (TPSA) is 69.1 Å². The van der Waals surface area contributed by atoms with Crippen LogP contribution in [0.15, 0.2) is 71.3 Å². The molecule has 0 aliphatic carbocycles. The van der Waals surface area contributed by atoms with Crippen molar-refractivity contribution in [2.45, 2.75) is 13.8 Å². The van der Waals surface area contributed by atoms with E-state index in [4.69, 9.17) is 10.3 Å². The van der Waals surface area contributed by atoms with Crippen LogP contribution in [0, 0.1) is 19.7 Å². The Labute approximate surface area is 167 Å². The Kier molecular flexibility index (Phi) is 4.72. The third-order valence-electron chi connectivity index (χ3n) is 5.18. The van der Waals surface area contributed by atoms with Crippen molar-refractivity contribution in [3.63, 3.8) is 0 Å². The molecule has 4 rings (SSSR count). The van der Waals surface area contributed by atoms with Gasteiger partial charge in [0.1, 0.15) is 11.5 Å². The lowest BCUT2D eigenvalue weighted by molar-refractivity contribution is 0.0996. The van der Waals surface area contributed by atoms with Crippen molar-refractivity contribution in [1.29, 1.82) is 0 Å². The van der Waals surface area contributed by atoms with Crippen LogP contribution >= 0.6 is 0 Å². The number of nitrogens with two attached hydrogens (primary N) is 1. The van der Waals surface area contributed by atoms with E-state index in [9.17, 15) is 9.18 Å². The molecule has 1 heterocycles. The average Bonchev–Trinajstić information content (AvgIpc) is 3.20. The largest absolute Gasteiger partial charge is 0.366 e. The molecule has 0 aliphatic heterocycles. The number of amides is 1. The maximum atomic E-state index is 14.1. The summed E-state index contributed by atoms with van der Waals surface area (Å²) in [7, 11) is 0. The number of benzene rings is 3. The summed E-state index contributed by atoms with van der Waals surface area (Å²) in [5.41, 5.74) is 11.5. The Morgan fingerprint density at radius 2 is 1.59 bits per heavy atom. The van der Waals surface area contributed by atoms with Crippen molar-refractivity contribution < 1.29 is 13.7 Å². The van der Waals surface area contributed by atoms with Gasteiger partial charge in [-0.1, -0.05) is 53.7 Å². The first-order chi connectivity index (χ1) is 14.0. The van der Waals surface area contributed by atoms with E-state index in [0.717, 1.165) is 27.8 Å². The van der Waals surface area contributed by atoms with Gasteiger partial charge in [-0.2, -0.15) is 0 Å². The lowest BCUT2D eigenvalue weighted by Gasteiger charge is -2.12. The monoisotopic (exact) mass is 386 g/mol. The van der Waals surface area contributed by atoms with Crippen molar-refractivity contribution in [1.82, 2.24) is 5.16 Å². The van der Waals surface area contributed by atoms with Crippen LogP contribution in [0.25, 0.3) is 33.7 Å². The Morgan fingerprint density at radius 3 is 2.28 bits per heavy atom. The van der Waals surface area contributed by atoms with Gasteiger partial charge in [0.05, 0.1) is 5.56 Å². The average molecular weight is 386 g/mol. The van der Waals surface area contributed by atoms with Crippen LogP contribution in [0.4, 0.5) is 4.39 Å². The fraction of sp³-hybridized carbons (Fsp3) is 0.0833. The number of hydrogen-bond donors (Lipinski definition) is 1. The van der Waals surface area contributed by atoms with E-state index in [2.05, 4.69) is 30.3 Å². The number of primary amides is 1. The number of hydrogen-bond acceptors (Lipinski definition) is 3. The summed E-state index contributed by atoms with van der Waals surface area (Å²) in [5.74, 6) is -0.891. The smallest absolute Gasteiger partial charge is 0.251 e. The first-order valence-corrected chi connectivity index (χ1v) is 9.18. The minimum absolute atomic E-state index is 0.152. The van der Waals surface area contributed by atoms with Crippen LogP contribution in [0.3, 0.4) is 0 Å². The van der Waals surface area contributed by atoms with Gasteiger partial charge in [-0.15, -0.1) is 0 Å². The van der Waals surface area contributed by atoms with Gasteiger partial charge in [-0.25, -0.2) is 4.39 Å². The fourth-order valence-electron chi connectivity index (χ4n) is 3.43. The van der Waals surface area contributed by atoms with Crippen molar-refractivity contribution in [2.24, 2.45) is 5.73 Å². The van der Waals surface area contributed by atoms with Crippen LogP contribution in [-0.4, -0.2) is 11.1 Å². The molecule has 3 aromatic carbocycles. The van der Waals surface area contributed by atoms with Crippen molar-refractivity contribution in [3.8, 4) is 33.7 Å². The van der Waals surface area contributed by atoms with Gasteiger partial charge in [0.15, 0.2) is 5.76 Å². The number of aromatic nitrogens is 1. The minimum atomic E-state index is -0.806. The van der Waals surface area contributed by atoms with Crippen LogP contribution in [-0.2, 0) is 0 Å². The number of carbonyl (C=O) groups excluding carboxylic acids is 1. The highest BCUT2D eigenvalue weighted by atomic mass is 19.1. The predicted octanol–water partition coefficient (Wildman–Crippen LogP) is 5.53. The molecule has 0 fully saturated rings. The van der Waals surface area contributed by atoms with E-state index in [0.29, 0.717) is 17.0 Å². The second-order valence-electron chi connectivity index (χ2n) is 6.91. The quantitative estimate of drug-likeness (QED) is 0.501. The molecule has 4 aromatic rings. The fourth-order valence-corrected chi connectivity index (χ4v) is 3.43. The minimum Gasteiger partial charge on any atom is -0.366 e. The van der Waals surface area contributed by atoms with Gasteiger partial charge in [-0.05, 0) is 48.2 Å². The van der Waals surface area contributed by atoms with Gasteiger partial charge in [0.2, 0.25) is 0 Å². The molecule has 2 N–H and O–H groups in total. The highest BCUT2D eigenvalue weighted by molar-refractivity contribution is 5.93. The Balaban J connectivity index is 1.71. The lowest BCUT2D eigenvalue weighted by Crippen LogP contribution is -2.12. The number of halogens is 1. The summed E-state index contributed by atoms with van der Waals surface area (Å²) in [6, 6.07) is 20.2. The zero-order valence-electron chi connectivity index (χ0n) is 16.1. The molecule has 29 heavy (non-hydrogen) atoms. The Morgan fingerprint density at radius 1 is 0.897 bits per heavy atom. The van der Waals surface area contributed by atoms with E-state index >= 15 is 0 Å². The van der Waals surface area contributed by atoms with Crippen LogP contribution < -0.4 is 5.73 Å². The van der Waals surface area contributed by atoms with Crippen LogP contribution in [0.2, 0.25) is 0 Å². The molecule has 0 radical (unpaired) electrons. The SMILES string of the molecule is Cc1c(-c2ccccc2)ccc(-c2cc(-c3ccc(C(N)=O)c(F)c3)no2)c1C. The predicted molar refractivity (Wildman–Crippen MR) is 111 cm³/mol. The molecule has 0 saturated carbocycles. The third kappa shape index (κ3) is 3.43. The van der Waals surface area contributed by atoms with E-state index in [-0.39, 0.29) is 5.56 Å². The van der Waals surface area contributed by atoms with Crippen molar-refractivity contribution >= 4 is 5.91 Å². The molecule has 1 aromatic heterocycles. The Hall–Kier alpha value is -3.73. The normalized spacial score (nSPS) is 10.9. The summed E-state index contributed by atoms with van der Waals surface area (Å²) in [6.45, 7) is 4.12. The molecule has 0 aliphatic rings. The van der Waals surface area contributed by atoms with E-state index < -0.39 is 11.7 Å². The van der Waals surface area contributed by atoms with Gasteiger partial charge >= 0.3 is 0 Å². The molecular weight excluding hydrogens is 367 g/mol. The zero-order valence-corrected chi connectivity index (χ0v) is 16.1. The van der Waals surface area contributed by atoms with Gasteiger partial charge in [0.25, 0.3) is 5.91 Å². The molecule has 144 valence electrons. The summed E-state index contributed by atoms with van der Waals surface area (Å²) in [4.78, 5) is 11.2. The second kappa shape index (κ2) is 7.36. The number of carbonyl (C=O) groups is 1.